The standard InChI is InChI=1S/C17H27N3O4/c1-17(2,3)24-16(21)20-10-8-19(9-11-20)15-14(6-5-7-18-15)23-13-12-22-4/h5-7H,8-13H2,1-4H3. The van der Waals surface area contributed by atoms with Gasteiger partial charge in [0.25, 0.3) is 0 Å². The van der Waals surface area contributed by atoms with Gasteiger partial charge in [-0.2, -0.15) is 0 Å². The van der Waals surface area contributed by atoms with E-state index in [0.717, 1.165) is 11.6 Å². The number of amides is 1. The molecule has 1 aromatic heterocycles. The van der Waals surface area contributed by atoms with Crippen LogP contribution in [-0.2, 0) is 9.47 Å². The number of rotatable bonds is 5. The molecule has 0 aromatic carbocycles. The number of methoxy groups -OCH3 is 1. The average Bonchev–Trinajstić information content (AvgIpc) is 2.54. The number of hydrogen-bond acceptors (Lipinski definition) is 6. The van der Waals surface area contributed by atoms with Gasteiger partial charge in [-0.05, 0) is 32.9 Å². The van der Waals surface area contributed by atoms with Crippen molar-refractivity contribution >= 4 is 11.9 Å². The Bertz CT molecular complexity index is 537. The fraction of sp³-hybridized carbons (Fsp3) is 0.647. The molecule has 0 aliphatic carbocycles. The number of piperazine rings is 1. The Morgan fingerprint density at radius 3 is 2.54 bits per heavy atom. The highest BCUT2D eigenvalue weighted by atomic mass is 16.6. The monoisotopic (exact) mass is 337 g/mol. The van der Waals surface area contributed by atoms with Gasteiger partial charge in [-0.1, -0.05) is 0 Å². The molecule has 0 saturated carbocycles. The molecule has 0 unspecified atom stereocenters. The van der Waals surface area contributed by atoms with E-state index in [2.05, 4.69) is 9.88 Å². The zero-order chi connectivity index (χ0) is 17.6. The van der Waals surface area contributed by atoms with E-state index in [-0.39, 0.29) is 6.09 Å². The van der Waals surface area contributed by atoms with E-state index in [1.54, 1.807) is 18.2 Å². The van der Waals surface area contributed by atoms with E-state index in [4.69, 9.17) is 14.2 Å². The molecule has 1 amide bonds. The van der Waals surface area contributed by atoms with Crippen LogP contribution in [-0.4, -0.2) is 68.1 Å². The summed E-state index contributed by atoms with van der Waals surface area (Å²) in [6.45, 7) is 9.21. The summed E-state index contributed by atoms with van der Waals surface area (Å²) in [7, 11) is 1.64. The Morgan fingerprint density at radius 1 is 1.21 bits per heavy atom. The summed E-state index contributed by atoms with van der Waals surface area (Å²) in [5, 5.41) is 0. The van der Waals surface area contributed by atoms with Crippen LogP contribution in [0.15, 0.2) is 18.3 Å². The van der Waals surface area contributed by atoms with Gasteiger partial charge in [-0.25, -0.2) is 9.78 Å². The Labute approximate surface area is 143 Å². The summed E-state index contributed by atoms with van der Waals surface area (Å²) in [4.78, 5) is 20.4. The third-order valence-corrected chi connectivity index (χ3v) is 3.53. The summed E-state index contributed by atoms with van der Waals surface area (Å²) >= 11 is 0. The molecule has 0 bridgehead atoms. The first-order valence-corrected chi connectivity index (χ1v) is 8.20. The first-order valence-electron chi connectivity index (χ1n) is 8.20. The van der Waals surface area contributed by atoms with Crippen molar-refractivity contribution in [2.75, 3.05) is 51.4 Å². The maximum absolute atomic E-state index is 12.1. The fourth-order valence-corrected chi connectivity index (χ4v) is 2.39. The van der Waals surface area contributed by atoms with Gasteiger partial charge in [-0.15, -0.1) is 0 Å². The van der Waals surface area contributed by atoms with Crippen LogP contribution in [0.5, 0.6) is 5.75 Å². The zero-order valence-corrected chi connectivity index (χ0v) is 14.9. The van der Waals surface area contributed by atoms with Gasteiger partial charge < -0.3 is 24.0 Å². The molecule has 1 saturated heterocycles. The summed E-state index contributed by atoms with van der Waals surface area (Å²) in [6.07, 6.45) is 1.48. The molecule has 0 radical (unpaired) electrons. The number of pyridine rings is 1. The number of nitrogens with zero attached hydrogens (tertiary/aromatic N) is 3. The molecule has 0 atom stereocenters. The minimum absolute atomic E-state index is 0.264. The highest BCUT2D eigenvalue weighted by Gasteiger charge is 2.27. The molecule has 0 N–H and O–H groups in total. The maximum Gasteiger partial charge on any atom is 0.410 e. The number of ether oxygens (including phenoxy) is 3. The highest BCUT2D eigenvalue weighted by molar-refractivity contribution is 5.68. The molecule has 2 rings (SSSR count). The van der Waals surface area contributed by atoms with Crippen LogP contribution < -0.4 is 9.64 Å². The van der Waals surface area contributed by atoms with E-state index in [0.29, 0.717) is 39.4 Å². The van der Waals surface area contributed by atoms with Crippen LogP contribution in [0.1, 0.15) is 20.8 Å². The van der Waals surface area contributed by atoms with Crippen molar-refractivity contribution in [2.24, 2.45) is 0 Å². The summed E-state index contributed by atoms with van der Waals surface area (Å²) in [6, 6.07) is 3.75. The Balaban J connectivity index is 1.93. The van der Waals surface area contributed by atoms with Gasteiger partial charge in [0.05, 0.1) is 6.61 Å². The first kappa shape index (κ1) is 18.3. The third kappa shape index (κ3) is 5.26. The van der Waals surface area contributed by atoms with Crippen molar-refractivity contribution in [3.8, 4) is 5.75 Å². The molecule has 7 nitrogen and oxygen atoms in total. The lowest BCUT2D eigenvalue weighted by molar-refractivity contribution is 0.0240. The predicted octanol–water partition coefficient (Wildman–Crippen LogP) is 2.16. The third-order valence-electron chi connectivity index (χ3n) is 3.53. The topological polar surface area (TPSA) is 64.1 Å². The van der Waals surface area contributed by atoms with Crippen molar-refractivity contribution in [3.63, 3.8) is 0 Å². The second-order valence-electron chi connectivity index (χ2n) is 6.62. The Kier molecular flexibility index (Phi) is 6.25. The van der Waals surface area contributed by atoms with Crippen molar-refractivity contribution in [1.82, 2.24) is 9.88 Å². The van der Waals surface area contributed by atoms with Crippen LogP contribution >= 0.6 is 0 Å². The summed E-state index contributed by atoms with van der Waals surface area (Å²) < 4.78 is 16.2. The van der Waals surface area contributed by atoms with Gasteiger partial charge in [0.15, 0.2) is 11.6 Å². The second-order valence-corrected chi connectivity index (χ2v) is 6.62. The molecule has 1 aromatic rings. The van der Waals surface area contributed by atoms with Gasteiger partial charge in [0.1, 0.15) is 12.2 Å². The van der Waals surface area contributed by atoms with E-state index < -0.39 is 5.60 Å². The predicted molar refractivity (Wildman–Crippen MR) is 91.6 cm³/mol. The molecule has 134 valence electrons. The van der Waals surface area contributed by atoms with Crippen molar-refractivity contribution in [3.05, 3.63) is 18.3 Å². The zero-order valence-electron chi connectivity index (χ0n) is 14.9. The minimum Gasteiger partial charge on any atom is -0.487 e. The molecule has 1 aliphatic rings. The average molecular weight is 337 g/mol. The minimum atomic E-state index is -0.475. The normalized spacial score (nSPS) is 15.3. The van der Waals surface area contributed by atoms with Gasteiger partial charge in [0.2, 0.25) is 0 Å². The van der Waals surface area contributed by atoms with Crippen LogP contribution in [0, 0.1) is 0 Å². The van der Waals surface area contributed by atoms with Crippen molar-refractivity contribution < 1.29 is 19.0 Å². The van der Waals surface area contributed by atoms with E-state index in [9.17, 15) is 4.79 Å². The maximum atomic E-state index is 12.1. The molecule has 1 aliphatic heterocycles. The summed E-state index contributed by atoms with van der Waals surface area (Å²) in [5.74, 6) is 1.54. The number of hydrogen-bond donors (Lipinski definition) is 0. The quantitative estimate of drug-likeness (QED) is 0.767. The lowest BCUT2D eigenvalue weighted by atomic mass is 10.2. The van der Waals surface area contributed by atoms with Gasteiger partial charge in [-0.3, -0.25) is 0 Å². The smallest absolute Gasteiger partial charge is 0.410 e. The van der Waals surface area contributed by atoms with Crippen LogP contribution in [0.2, 0.25) is 0 Å². The van der Waals surface area contributed by atoms with Crippen molar-refractivity contribution in [1.29, 1.82) is 0 Å². The van der Waals surface area contributed by atoms with Crippen LogP contribution in [0.4, 0.5) is 10.6 Å². The van der Waals surface area contributed by atoms with Gasteiger partial charge >= 0.3 is 6.09 Å². The van der Waals surface area contributed by atoms with E-state index in [1.165, 1.54) is 0 Å². The molecule has 2 heterocycles. The Morgan fingerprint density at radius 2 is 1.92 bits per heavy atom. The largest absolute Gasteiger partial charge is 0.487 e. The highest BCUT2D eigenvalue weighted by Crippen LogP contribution is 2.26. The Hall–Kier alpha value is -2.02. The van der Waals surface area contributed by atoms with Gasteiger partial charge in [0, 0.05) is 39.5 Å². The molecule has 0 spiro atoms. The molecule has 24 heavy (non-hydrogen) atoms. The molecular weight excluding hydrogens is 310 g/mol. The fourth-order valence-electron chi connectivity index (χ4n) is 2.39. The van der Waals surface area contributed by atoms with Crippen molar-refractivity contribution in [2.45, 2.75) is 26.4 Å². The molecular formula is C17H27N3O4. The first-order chi connectivity index (χ1) is 11.4. The van der Waals surface area contributed by atoms with Crippen LogP contribution in [0.25, 0.3) is 0 Å². The molecule has 7 heteroatoms. The van der Waals surface area contributed by atoms with E-state index >= 15 is 0 Å². The number of aromatic nitrogens is 1. The summed E-state index contributed by atoms with van der Waals surface area (Å²) in [5.41, 5.74) is -0.475. The lowest BCUT2D eigenvalue weighted by Crippen LogP contribution is -2.50. The lowest BCUT2D eigenvalue weighted by Gasteiger charge is -2.36. The molecule has 1 fully saturated rings. The number of anilines is 1. The van der Waals surface area contributed by atoms with E-state index in [1.807, 2.05) is 32.9 Å². The number of carbonyl (C=O) groups excluding carboxylic acids is 1. The number of carbonyl (C=O) groups is 1. The van der Waals surface area contributed by atoms with Crippen LogP contribution in [0.3, 0.4) is 0 Å². The second kappa shape index (κ2) is 8.19. The SMILES string of the molecule is COCCOc1cccnc1N1CCN(C(=O)OC(C)(C)C)CC1.